The van der Waals surface area contributed by atoms with Crippen LogP contribution in [-0.4, -0.2) is 27.6 Å². The molecule has 2 heterocycles. The molecule has 1 amide bonds. The quantitative estimate of drug-likeness (QED) is 0.878. The van der Waals surface area contributed by atoms with Crippen molar-refractivity contribution < 1.29 is 4.79 Å². The van der Waals surface area contributed by atoms with E-state index >= 15 is 0 Å². The predicted molar refractivity (Wildman–Crippen MR) is 75.3 cm³/mol. The summed E-state index contributed by atoms with van der Waals surface area (Å²) in [5.74, 6) is -0.154. The highest BCUT2D eigenvalue weighted by molar-refractivity contribution is 7.09. The zero-order valence-corrected chi connectivity index (χ0v) is 12.2. The molecule has 0 radical (unpaired) electrons. The van der Waals surface area contributed by atoms with Gasteiger partial charge in [-0.1, -0.05) is 0 Å². The molecular formula is C13H18N4OS. The van der Waals surface area contributed by atoms with E-state index < -0.39 is 0 Å². The van der Waals surface area contributed by atoms with Gasteiger partial charge in [-0.05, 0) is 20.8 Å². The van der Waals surface area contributed by atoms with E-state index in [-0.39, 0.29) is 11.8 Å². The van der Waals surface area contributed by atoms with Crippen molar-refractivity contribution in [3.63, 3.8) is 0 Å². The number of amides is 1. The summed E-state index contributed by atoms with van der Waals surface area (Å²) in [6, 6.07) is 0. The Bertz CT molecular complexity index is 527. The van der Waals surface area contributed by atoms with Gasteiger partial charge in [0, 0.05) is 35.8 Å². The average Bonchev–Trinajstić information content (AvgIpc) is 2.99. The molecule has 0 aliphatic carbocycles. The van der Waals surface area contributed by atoms with Crippen LogP contribution < -0.4 is 5.32 Å². The first-order valence-corrected chi connectivity index (χ1v) is 7.15. The van der Waals surface area contributed by atoms with E-state index in [1.807, 2.05) is 26.2 Å². The zero-order chi connectivity index (χ0) is 13.8. The smallest absolute Gasteiger partial charge is 0.227 e. The van der Waals surface area contributed by atoms with Gasteiger partial charge in [0.2, 0.25) is 5.91 Å². The van der Waals surface area contributed by atoms with Crippen molar-refractivity contribution in [2.75, 3.05) is 6.54 Å². The molecule has 0 saturated heterocycles. The molecule has 5 nitrogen and oxygen atoms in total. The van der Waals surface area contributed by atoms with Gasteiger partial charge in [0.1, 0.15) is 0 Å². The lowest BCUT2D eigenvalue weighted by atomic mass is 9.98. The summed E-state index contributed by atoms with van der Waals surface area (Å²) in [6.45, 7) is 6.38. The van der Waals surface area contributed by atoms with Gasteiger partial charge in [0.15, 0.2) is 0 Å². The number of carbonyl (C=O) groups excluding carboxylic acids is 1. The molecule has 0 aromatic carbocycles. The molecule has 1 atom stereocenters. The van der Waals surface area contributed by atoms with Gasteiger partial charge >= 0.3 is 0 Å². The lowest BCUT2D eigenvalue weighted by Crippen LogP contribution is -2.30. The molecule has 0 fully saturated rings. The van der Waals surface area contributed by atoms with E-state index in [1.165, 1.54) is 0 Å². The maximum Gasteiger partial charge on any atom is 0.227 e. The Morgan fingerprint density at radius 2 is 2.32 bits per heavy atom. The molecule has 0 aliphatic rings. The highest BCUT2D eigenvalue weighted by Gasteiger charge is 2.20. The summed E-state index contributed by atoms with van der Waals surface area (Å²) in [5, 5.41) is 13.0. The molecule has 2 aromatic rings. The fourth-order valence-corrected chi connectivity index (χ4v) is 2.77. The molecule has 2 aromatic heterocycles. The monoisotopic (exact) mass is 278 g/mol. The molecule has 0 aliphatic heterocycles. The number of H-pyrrole nitrogens is 1. The highest BCUT2D eigenvalue weighted by Crippen LogP contribution is 2.21. The first-order chi connectivity index (χ1) is 9.09. The Kier molecular flexibility index (Phi) is 4.31. The molecule has 0 bridgehead atoms. The fraction of sp³-hybridized carbons (Fsp3) is 0.462. The molecule has 0 saturated carbocycles. The van der Waals surface area contributed by atoms with Crippen LogP contribution in [0, 0.1) is 13.8 Å². The third kappa shape index (κ3) is 3.20. The second-order valence-corrected chi connectivity index (χ2v) is 5.52. The summed E-state index contributed by atoms with van der Waals surface area (Å²) in [7, 11) is 0. The number of nitrogens with one attached hydrogen (secondary N) is 2. The van der Waals surface area contributed by atoms with Crippen LogP contribution in [0.25, 0.3) is 0 Å². The molecule has 6 heteroatoms. The first-order valence-electron chi connectivity index (χ1n) is 6.27. The molecule has 2 rings (SSSR count). The zero-order valence-electron chi connectivity index (χ0n) is 11.4. The molecule has 1 unspecified atom stereocenters. The number of hydrogen-bond donors (Lipinski definition) is 2. The summed E-state index contributed by atoms with van der Waals surface area (Å²) < 4.78 is 0. The van der Waals surface area contributed by atoms with Crippen molar-refractivity contribution in [1.29, 1.82) is 0 Å². The lowest BCUT2D eigenvalue weighted by molar-refractivity contribution is -0.122. The summed E-state index contributed by atoms with van der Waals surface area (Å²) in [5.41, 5.74) is 2.84. The van der Waals surface area contributed by atoms with E-state index in [9.17, 15) is 4.79 Å². The lowest BCUT2D eigenvalue weighted by Gasteiger charge is -2.12. The number of aryl methyl sites for hydroxylation is 2. The number of aromatic nitrogens is 3. The van der Waals surface area contributed by atoms with Crippen LogP contribution in [0.3, 0.4) is 0 Å². The molecule has 102 valence electrons. The first kappa shape index (κ1) is 13.7. The maximum atomic E-state index is 12.1. The third-order valence-corrected chi connectivity index (χ3v) is 3.97. The van der Waals surface area contributed by atoms with E-state index in [0.717, 1.165) is 28.4 Å². The summed E-state index contributed by atoms with van der Waals surface area (Å²) in [4.78, 5) is 16.3. The molecule has 2 N–H and O–H groups in total. The average molecular weight is 278 g/mol. The topological polar surface area (TPSA) is 70.7 Å². The Morgan fingerprint density at radius 1 is 1.53 bits per heavy atom. The van der Waals surface area contributed by atoms with Crippen LogP contribution in [0.2, 0.25) is 0 Å². The van der Waals surface area contributed by atoms with Gasteiger partial charge in [-0.2, -0.15) is 5.10 Å². The van der Waals surface area contributed by atoms with Crippen molar-refractivity contribution in [2.45, 2.75) is 33.1 Å². The number of hydrogen-bond acceptors (Lipinski definition) is 4. The Morgan fingerprint density at radius 3 is 2.89 bits per heavy atom. The second kappa shape index (κ2) is 5.97. The summed E-state index contributed by atoms with van der Waals surface area (Å²) >= 11 is 1.61. The third-order valence-electron chi connectivity index (χ3n) is 3.13. The second-order valence-electron chi connectivity index (χ2n) is 4.54. The van der Waals surface area contributed by atoms with Crippen molar-refractivity contribution in [2.24, 2.45) is 0 Å². The van der Waals surface area contributed by atoms with Crippen molar-refractivity contribution in [1.82, 2.24) is 20.5 Å². The minimum atomic E-state index is -0.185. The minimum Gasteiger partial charge on any atom is -0.355 e. The van der Waals surface area contributed by atoms with Gasteiger partial charge in [-0.25, -0.2) is 4.98 Å². The molecule has 0 spiro atoms. The minimum absolute atomic E-state index is 0.0316. The van der Waals surface area contributed by atoms with Gasteiger partial charge in [0.25, 0.3) is 0 Å². The maximum absolute atomic E-state index is 12.1. The number of aromatic amines is 1. The van der Waals surface area contributed by atoms with Gasteiger partial charge < -0.3 is 5.32 Å². The van der Waals surface area contributed by atoms with E-state index in [4.69, 9.17) is 0 Å². The van der Waals surface area contributed by atoms with Gasteiger partial charge in [-0.15, -0.1) is 11.3 Å². The molecular weight excluding hydrogens is 260 g/mol. The van der Waals surface area contributed by atoms with Crippen LogP contribution in [0.1, 0.15) is 34.8 Å². The Labute approximate surface area is 116 Å². The van der Waals surface area contributed by atoms with Crippen LogP contribution in [-0.2, 0) is 11.2 Å². The number of carbonyl (C=O) groups is 1. The normalized spacial score (nSPS) is 12.4. The standard InChI is InChI=1S/C13H18N4OS/c1-8(12-9(2)16-17-10(12)3)13(18)15-5-4-11-14-6-7-19-11/h6-8H,4-5H2,1-3H3,(H,15,18)(H,16,17). The van der Waals surface area contributed by atoms with E-state index in [2.05, 4.69) is 20.5 Å². The fourth-order valence-electron chi connectivity index (χ4n) is 2.15. The van der Waals surface area contributed by atoms with Crippen molar-refractivity contribution in [3.05, 3.63) is 33.5 Å². The predicted octanol–water partition coefficient (Wildman–Crippen LogP) is 1.95. The number of rotatable bonds is 5. The van der Waals surface area contributed by atoms with Crippen LogP contribution in [0.4, 0.5) is 0 Å². The van der Waals surface area contributed by atoms with Crippen LogP contribution >= 0.6 is 11.3 Å². The van der Waals surface area contributed by atoms with Gasteiger partial charge in [-0.3, -0.25) is 9.89 Å². The number of nitrogens with zero attached hydrogens (tertiary/aromatic N) is 2. The Balaban J connectivity index is 1.89. The van der Waals surface area contributed by atoms with Crippen LogP contribution in [0.15, 0.2) is 11.6 Å². The largest absolute Gasteiger partial charge is 0.355 e. The van der Waals surface area contributed by atoms with Crippen LogP contribution in [0.5, 0.6) is 0 Å². The SMILES string of the molecule is Cc1n[nH]c(C)c1C(C)C(=O)NCCc1nccs1. The summed E-state index contributed by atoms with van der Waals surface area (Å²) in [6.07, 6.45) is 2.56. The van der Waals surface area contributed by atoms with E-state index in [1.54, 1.807) is 17.5 Å². The van der Waals surface area contributed by atoms with Crippen molar-refractivity contribution in [3.8, 4) is 0 Å². The van der Waals surface area contributed by atoms with Crippen molar-refractivity contribution >= 4 is 17.2 Å². The molecule has 19 heavy (non-hydrogen) atoms. The Hall–Kier alpha value is -1.69. The van der Waals surface area contributed by atoms with E-state index in [0.29, 0.717) is 6.54 Å². The highest BCUT2D eigenvalue weighted by atomic mass is 32.1. The number of thiazole rings is 1. The van der Waals surface area contributed by atoms with Gasteiger partial charge in [0.05, 0.1) is 16.6 Å².